The number of fused-ring (bicyclic) bond motifs is 1. The number of nitrogens with zero attached hydrogens (tertiary/aromatic N) is 5. The van der Waals surface area contributed by atoms with Crippen molar-refractivity contribution in [2.45, 2.75) is 26.9 Å². The Bertz CT molecular complexity index is 1290. The Morgan fingerprint density at radius 2 is 2.13 bits per heavy atom. The summed E-state index contributed by atoms with van der Waals surface area (Å²) in [5.41, 5.74) is 1.56. The van der Waals surface area contributed by atoms with Gasteiger partial charge in [-0.05, 0) is 31.5 Å². The number of rotatable bonds is 6. The molecule has 0 aliphatic rings. The summed E-state index contributed by atoms with van der Waals surface area (Å²) >= 11 is 1.35. The molecule has 1 N–H and O–H groups in total. The average molecular weight is 426 g/mol. The molecule has 10 heteroatoms. The number of benzene rings is 1. The Morgan fingerprint density at radius 1 is 1.30 bits per heavy atom. The van der Waals surface area contributed by atoms with E-state index >= 15 is 0 Å². The normalized spacial score (nSPS) is 11.2. The van der Waals surface area contributed by atoms with Crippen LogP contribution in [0.4, 0.5) is 4.39 Å². The second-order valence-corrected chi connectivity index (χ2v) is 8.02. The first-order chi connectivity index (χ1) is 14.4. The fraction of sp³-hybridized carbons (Fsp3) is 0.250. The number of hydrogen-bond acceptors (Lipinski definition) is 6. The monoisotopic (exact) mass is 426 g/mol. The van der Waals surface area contributed by atoms with Crippen LogP contribution in [-0.2, 0) is 13.1 Å². The van der Waals surface area contributed by atoms with Crippen LogP contribution in [0.1, 0.15) is 25.9 Å². The molecule has 0 bridgehead atoms. The fourth-order valence-electron chi connectivity index (χ4n) is 3.20. The molecule has 154 valence electrons. The van der Waals surface area contributed by atoms with Gasteiger partial charge in [0.25, 0.3) is 11.5 Å². The molecule has 1 aromatic carbocycles. The van der Waals surface area contributed by atoms with Gasteiger partial charge in [0, 0.05) is 6.54 Å². The lowest BCUT2D eigenvalue weighted by atomic mass is 10.2. The van der Waals surface area contributed by atoms with Crippen molar-refractivity contribution >= 4 is 28.3 Å². The number of nitrogens with one attached hydrogen (secondary N) is 1. The second kappa shape index (κ2) is 8.15. The molecule has 0 atom stereocenters. The van der Waals surface area contributed by atoms with Gasteiger partial charge < -0.3 is 5.32 Å². The fourth-order valence-corrected chi connectivity index (χ4v) is 4.04. The van der Waals surface area contributed by atoms with Crippen LogP contribution >= 0.6 is 11.3 Å². The largest absolute Gasteiger partial charge is 0.349 e. The number of carbonyl (C=O) groups excluding carboxylic acids is 1. The maximum Gasteiger partial charge on any atom is 0.264 e. The average Bonchev–Trinajstić information content (AvgIpc) is 3.27. The van der Waals surface area contributed by atoms with E-state index in [0.29, 0.717) is 40.3 Å². The summed E-state index contributed by atoms with van der Waals surface area (Å²) in [6, 6.07) is 6.09. The van der Waals surface area contributed by atoms with Crippen LogP contribution in [0.2, 0.25) is 0 Å². The Labute approximate surface area is 175 Å². The number of carbonyl (C=O) groups is 1. The molecule has 0 spiro atoms. The molecule has 3 heterocycles. The summed E-state index contributed by atoms with van der Waals surface area (Å²) in [5, 5.41) is 8.29. The molecule has 0 saturated heterocycles. The van der Waals surface area contributed by atoms with Gasteiger partial charge in [-0.3, -0.25) is 14.2 Å². The van der Waals surface area contributed by atoms with Gasteiger partial charge in [0.05, 0.1) is 30.0 Å². The molecule has 8 nitrogen and oxygen atoms in total. The quantitative estimate of drug-likeness (QED) is 0.510. The highest BCUT2D eigenvalue weighted by atomic mass is 32.1. The van der Waals surface area contributed by atoms with Crippen LogP contribution < -0.4 is 10.9 Å². The van der Waals surface area contributed by atoms with Crippen LogP contribution in [0.3, 0.4) is 0 Å². The molecular formula is C20H19FN6O2S. The molecular weight excluding hydrogens is 407 g/mol. The summed E-state index contributed by atoms with van der Waals surface area (Å²) in [5.74, 6) is -0.534. The lowest BCUT2D eigenvalue weighted by Crippen LogP contribution is -2.27. The van der Waals surface area contributed by atoms with Crippen molar-refractivity contribution in [2.75, 3.05) is 6.54 Å². The SMILES string of the molecule is Cc1nc(C)c(C(=O)NCCn2ncc3c(=O)n(Cc4cccc(F)c4)cnc32)s1. The van der Waals surface area contributed by atoms with E-state index in [0.717, 1.165) is 5.01 Å². The lowest BCUT2D eigenvalue weighted by molar-refractivity contribution is 0.0955. The van der Waals surface area contributed by atoms with Crippen LogP contribution in [0.15, 0.2) is 41.6 Å². The molecule has 0 unspecified atom stereocenters. The van der Waals surface area contributed by atoms with Gasteiger partial charge in [-0.2, -0.15) is 5.10 Å². The van der Waals surface area contributed by atoms with Crippen LogP contribution in [0.25, 0.3) is 11.0 Å². The molecule has 0 fully saturated rings. The minimum atomic E-state index is -0.354. The van der Waals surface area contributed by atoms with Crippen molar-refractivity contribution < 1.29 is 9.18 Å². The summed E-state index contributed by atoms with van der Waals surface area (Å²) in [6.07, 6.45) is 2.89. The number of halogens is 1. The number of thiazole rings is 1. The summed E-state index contributed by atoms with van der Waals surface area (Å²) < 4.78 is 16.4. The van der Waals surface area contributed by atoms with Crippen LogP contribution in [-0.4, -0.2) is 36.8 Å². The van der Waals surface area contributed by atoms with Crippen molar-refractivity contribution in [3.8, 4) is 0 Å². The maximum absolute atomic E-state index is 13.4. The maximum atomic E-state index is 13.4. The van der Waals surface area contributed by atoms with Crippen LogP contribution in [0, 0.1) is 19.7 Å². The molecule has 4 rings (SSSR count). The highest BCUT2D eigenvalue weighted by Gasteiger charge is 2.14. The molecule has 0 aliphatic carbocycles. The smallest absolute Gasteiger partial charge is 0.264 e. The van der Waals surface area contributed by atoms with E-state index in [9.17, 15) is 14.0 Å². The number of hydrogen-bond donors (Lipinski definition) is 1. The van der Waals surface area contributed by atoms with Crippen LogP contribution in [0.5, 0.6) is 0 Å². The summed E-state index contributed by atoms with van der Waals surface area (Å²) in [7, 11) is 0. The Balaban J connectivity index is 1.47. The minimum Gasteiger partial charge on any atom is -0.349 e. The number of aryl methyl sites for hydroxylation is 2. The van der Waals surface area contributed by atoms with Crippen molar-refractivity contribution in [3.63, 3.8) is 0 Å². The molecule has 0 radical (unpaired) electrons. The highest BCUT2D eigenvalue weighted by Crippen LogP contribution is 2.16. The lowest BCUT2D eigenvalue weighted by Gasteiger charge is -2.07. The van der Waals surface area contributed by atoms with Gasteiger partial charge in [-0.25, -0.2) is 19.0 Å². The Hall–Kier alpha value is -3.40. The minimum absolute atomic E-state index is 0.181. The van der Waals surface area contributed by atoms with Gasteiger partial charge in [0.2, 0.25) is 0 Å². The molecule has 4 aromatic rings. The predicted molar refractivity (Wildman–Crippen MR) is 111 cm³/mol. The second-order valence-electron chi connectivity index (χ2n) is 6.82. The zero-order valence-electron chi connectivity index (χ0n) is 16.4. The van der Waals surface area contributed by atoms with Crippen molar-refractivity contribution in [1.29, 1.82) is 0 Å². The number of amides is 1. The van der Waals surface area contributed by atoms with Crippen molar-refractivity contribution in [1.82, 2.24) is 29.6 Å². The topological polar surface area (TPSA) is 94.7 Å². The zero-order valence-corrected chi connectivity index (χ0v) is 17.2. The molecule has 0 aliphatic heterocycles. The highest BCUT2D eigenvalue weighted by molar-refractivity contribution is 7.13. The standard InChI is InChI=1S/C20H19FN6O2S/c1-12-17(30-13(2)25-12)19(28)22-6-7-27-18-16(9-24-27)20(29)26(11-23-18)10-14-4-3-5-15(21)8-14/h3-5,8-9,11H,6-7,10H2,1-2H3,(H,22,28). The van der Waals surface area contributed by atoms with Gasteiger partial charge in [0.15, 0.2) is 5.65 Å². The van der Waals surface area contributed by atoms with Gasteiger partial charge in [-0.1, -0.05) is 12.1 Å². The first-order valence-corrected chi connectivity index (χ1v) is 10.1. The summed E-state index contributed by atoms with van der Waals surface area (Å²) in [6.45, 7) is 4.58. The van der Waals surface area contributed by atoms with Crippen molar-refractivity contribution in [2.24, 2.45) is 0 Å². The van der Waals surface area contributed by atoms with Gasteiger partial charge in [0.1, 0.15) is 22.4 Å². The van der Waals surface area contributed by atoms with E-state index in [4.69, 9.17) is 0 Å². The first-order valence-electron chi connectivity index (χ1n) is 9.30. The van der Waals surface area contributed by atoms with E-state index in [1.54, 1.807) is 23.7 Å². The van der Waals surface area contributed by atoms with Gasteiger partial charge >= 0.3 is 0 Å². The van der Waals surface area contributed by atoms with E-state index in [1.165, 1.54) is 40.6 Å². The third-order valence-corrected chi connectivity index (χ3v) is 5.65. The van der Waals surface area contributed by atoms with Gasteiger partial charge in [-0.15, -0.1) is 11.3 Å². The zero-order chi connectivity index (χ0) is 21.3. The third kappa shape index (κ3) is 3.99. The van der Waals surface area contributed by atoms with E-state index in [2.05, 4.69) is 20.4 Å². The third-order valence-electron chi connectivity index (χ3n) is 4.58. The predicted octanol–water partition coefficient (Wildman–Crippen LogP) is 2.28. The Kier molecular flexibility index (Phi) is 5.40. The molecule has 0 saturated carbocycles. The van der Waals surface area contributed by atoms with E-state index in [1.807, 2.05) is 6.92 Å². The molecule has 3 aromatic heterocycles. The molecule has 1 amide bonds. The van der Waals surface area contributed by atoms with Crippen molar-refractivity contribution in [3.05, 3.63) is 74.1 Å². The summed E-state index contributed by atoms with van der Waals surface area (Å²) in [4.78, 5) is 34.2. The first kappa shape index (κ1) is 19.9. The Morgan fingerprint density at radius 3 is 2.87 bits per heavy atom. The van der Waals surface area contributed by atoms with E-state index in [-0.39, 0.29) is 23.8 Å². The van der Waals surface area contributed by atoms with E-state index < -0.39 is 0 Å². The number of aromatic nitrogens is 5. The molecule has 30 heavy (non-hydrogen) atoms.